The minimum absolute atomic E-state index is 0.0881. The summed E-state index contributed by atoms with van der Waals surface area (Å²) in [5, 5.41) is 1.04. The maximum absolute atomic E-state index is 10.6. The van der Waals surface area contributed by atoms with E-state index in [1.807, 2.05) is 29.9 Å². The van der Waals surface area contributed by atoms with Crippen LogP contribution in [0.5, 0.6) is 0 Å². The molecule has 4 nitrogen and oxygen atoms in total. The SMILES string of the molecule is Cn1ccc2cc(CS(=O)O)ncc21. The molecule has 0 radical (unpaired) electrons. The van der Waals surface area contributed by atoms with E-state index < -0.39 is 11.1 Å². The predicted octanol–water partition coefficient (Wildman–Crippen LogP) is 1.29. The van der Waals surface area contributed by atoms with Crippen LogP contribution in [0.25, 0.3) is 10.9 Å². The van der Waals surface area contributed by atoms with Crippen LogP contribution in [0.15, 0.2) is 24.5 Å². The highest BCUT2D eigenvalue weighted by Gasteiger charge is 2.03. The molecular formula is C9H10N2O2S. The van der Waals surface area contributed by atoms with Gasteiger partial charge in [0.25, 0.3) is 0 Å². The molecule has 2 aromatic heterocycles. The molecular weight excluding hydrogens is 200 g/mol. The molecule has 2 aromatic rings. The van der Waals surface area contributed by atoms with Crippen molar-refractivity contribution in [3.8, 4) is 0 Å². The third-order valence-corrected chi connectivity index (χ3v) is 2.64. The fraction of sp³-hybridized carbons (Fsp3) is 0.222. The number of hydrogen-bond acceptors (Lipinski definition) is 2. The van der Waals surface area contributed by atoms with Crippen molar-refractivity contribution in [1.29, 1.82) is 0 Å². The van der Waals surface area contributed by atoms with Crippen molar-refractivity contribution in [3.05, 3.63) is 30.2 Å². The minimum Gasteiger partial charge on any atom is -0.349 e. The largest absolute Gasteiger partial charge is 0.349 e. The van der Waals surface area contributed by atoms with E-state index in [2.05, 4.69) is 4.98 Å². The highest BCUT2D eigenvalue weighted by Crippen LogP contribution is 2.14. The van der Waals surface area contributed by atoms with Crippen LogP contribution in [-0.2, 0) is 23.9 Å². The molecule has 2 heterocycles. The Bertz CT molecular complexity index is 493. The van der Waals surface area contributed by atoms with Crippen LogP contribution < -0.4 is 0 Å². The van der Waals surface area contributed by atoms with Gasteiger partial charge in [0.1, 0.15) is 0 Å². The highest BCUT2D eigenvalue weighted by molar-refractivity contribution is 7.78. The van der Waals surface area contributed by atoms with E-state index in [9.17, 15) is 4.21 Å². The highest BCUT2D eigenvalue weighted by atomic mass is 32.2. The van der Waals surface area contributed by atoms with Gasteiger partial charge >= 0.3 is 0 Å². The molecule has 0 saturated heterocycles. The van der Waals surface area contributed by atoms with Crippen LogP contribution in [0, 0.1) is 0 Å². The summed E-state index contributed by atoms with van der Waals surface area (Å²) >= 11 is -1.82. The molecule has 0 aliphatic heterocycles. The lowest BCUT2D eigenvalue weighted by atomic mass is 10.3. The summed E-state index contributed by atoms with van der Waals surface area (Å²) in [6, 6.07) is 3.80. The molecule has 5 heteroatoms. The quantitative estimate of drug-likeness (QED) is 0.760. The molecule has 0 saturated carbocycles. The minimum atomic E-state index is -1.82. The molecule has 0 aromatic carbocycles. The fourth-order valence-corrected chi connectivity index (χ4v) is 1.83. The van der Waals surface area contributed by atoms with Crippen molar-refractivity contribution in [2.75, 3.05) is 0 Å². The van der Waals surface area contributed by atoms with Crippen molar-refractivity contribution in [2.45, 2.75) is 5.75 Å². The van der Waals surface area contributed by atoms with Crippen LogP contribution in [0.3, 0.4) is 0 Å². The maximum atomic E-state index is 10.6. The normalized spacial score (nSPS) is 13.3. The zero-order valence-corrected chi connectivity index (χ0v) is 8.49. The van der Waals surface area contributed by atoms with E-state index >= 15 is 0 Å². The molecule has 0 fully saturated rings. The summed E-state index contributed by atoms with van der Waals surface area (Å²) in [5.74, 6) is 0.0881. The molecule has 0 spiro atoms. The second-order valence-corrected chi connectivity index (χ2v) is 4.06. The average Bonchev–Trinajstić information content (AvgIpc) is 2.46. The molecule has 0 bridgehead atoms. The number of hydrogen-bond donors (Lipinski definition) is 1. The van der Waals surface area contributed by atoms with Gasteiger partial charge in [0.2, 0.25) is 0 Å². The number of aryl methyl sites for hydroxylation is 1. The van der Waals surface area contributed by atoms with Gasteiger partial charge in [-0.05, 0) is 12.1 Å². The summed E-state index contributed by atoms with van der Waals surface area (Å²) in [5.41, 5.74) is 1.67. The summed E-state index contributed by atoms with van der Waals surface area (Å²) < 4.78 is 21.2. The van der Waals surface area contributed by atoms with Crippen molar-refractivity contribution in [2.24, 2.45) is 7.05 Å². The lowest BCUT2D eigenvalue weighted by Gasteiger charge is -1.98. The Hall–Kier alpha value is -1.20. The van der Waals surface area contributed by atoms with Crippen LogP contribution in [-0.4, -0.2) is 18.3 Å². The van der Waals surface area contributed by atoms with Gasteiger partial charge in [-0.25, -0.2) is 4.21 Å². The molecule has 1 N–H and O–H groups in total. The van der Waals surface area contributed by atoms with Crippen LogP contribution in [0.4, 0.5) is 0 Å². The Labute approximate surface area is 83.9 Å². The number of nitrogens with zero attached hydrogens (tertiary/aromatic N) is 2. The monoisotopic (exact) mass is 210 g/mol. The van der Waals surface area contributed by atoms with Gasteiger partial charge in [0.15, 0.2) is 11.1 Å². The second kappa shape index (κ2) is 3.51. The van der Waals surface area contributed by atoms with Gasteiger partial charge in [-0.15, -0.1) is 0 Å². The Balaban J connectivity index is 2.46. The molecule has 14 heavy (non-hydrogen) atoms. The molecule has 0 amide bonds. The lowest BCUT2D eigenvalue weighted by molar-refractivity contribution is 0.563. The first kappa shape index (κ1) is 9.36. The van der Waals surface area contributed by atoms with E-state index in [0.717, 1.165) is 10.9 Å². The molecule has 1 unspecified atom stereocenters. The van der Waals surface area contributed by atoms with E-state index in [0.29, 0.717) is 5.69 Å². The smallest absolute Gasteiger partial charge is 0.158 e. The summed E-state index contributed by atoms with van der Waals surface area (Å²) in [6.45, 7) is 0. The van der Waals surface area contributed by atoms with Gasteiger partial charge in [-0.2, -0.15) is 0 Å². The first-order valence-corrected chi connectivity index (χ1v) is 5.42. The van der Waals surface area contributed by atoms with Crippen LogP contribution >= 0.6 is 0 Å². The third kappa shape index (κ3) is 1.69. The van der Waals surface area contributed by atoms with Crippen molar-refractivity contribution in [1.82, 2.24) is 9.55 Å². The Morgan fingerprint density at radius 2 is 2.43 bits per heavy atom. The first-order valence-electron chi connectivity index (χ1n) is 4.14. The standard InChI is InChI=1S/C9H10N2O2S/c1-11-3-2-7-4-8(6-14(12)13)10-5-9(7)11/h2-5H,6H2,1H3,(H,12,13). The van der Waals surface area contributed by atoms with Gasteiger partial charge < -0.3 is 9.12 Å². The zero-order chi connectivity index (χ0) is 10.1. The predicted molar refractivity (Wildman–Crippen MR) is 55.2 cm³/mol. The molecule has 1 atom stereocenters. The molecule has 74 valence electrons. The van der Waals surface area contributed by atoms with Crippen molar-refractivity contribution < 1.29 is 8.76 Å². The van der Waals surface area contributed by atoms with Crippen LogP contribution in [0.2, 0.25) is 0 Å². The van der Waals surface area contributed by atoms with Gasteiger partial charge in [0.05, 0.1) is 23.2 Å². The lowest BCUT2D eigenvalue weighted by Crippen LogP contribution is -1.96. The van der Waals surface area contributed by atoms with Gasteiger partial charge in [-0.3, -0.25) is 4.98 Å². The molecule has 2 rings (SSSR count). The fourth-order valence-electron chi connectivity index (χ4n) is 1.42. The van der Waals surface area contributed by atoms with Gasteiger partial charge in [-0.1, -0.05) is 0 Å². The van der Waals surface area contributed by atoms with E-state index in [1.165, 1.54) is 0 Å². The first-order chi connectivity index (χ1) is 6.66. The number of pyridine rings is 1. The van der Waals surface area contributed by atoms with Crippen LogP contribution in [0.1, 0.15) is 5.69 Å². The van der Waals surface area contributed by atoms with Crippen molar-refractivity contribution in [3.63, 3.8) is 0 Å². The Kier molecular flexibility index (Phi) is 2.35. The summed E-state index contributed by atoms with van der Waals surface area (Å²) in [4.78, 5) is 4.11. The summed E-state index contributed by atoms with van der Waals surface area (Å²) in [7, 11) is 1.94. The number of rotatable bonds is 2. The van der Waals surface area contributed by atoms with E-state index in [-0.39, 0.29) is 5.75 Å². The number of aromatic nitrogens is 2. The topological polar surface area (TPSA) is 55.1 Å². The second-order valence-electron chi connectivity index (χ2n) is 3.13. The van der Waals surface area contributed by atoms with Crippen molar-refractivity contribution >= 4 is 22.0 Å². The Morgan fingerprint density at radius 3 is 3.14 bits per heavy atom. The summed E-state index contributed by atoms with van der Waals surface area (Å²) in [6.07, 6.45) is 3.66. The van der Waals surface area contributed by atoms with Gasteiger partial charge in [0, 0.05) is 18.6 Å². The molecule has 0 aliphatic carbocycles. The Morgan fingerprint density at radius 1 is 1.64 bits per heavy atom. The zero-order valence-electron chi connectivity index (χ0n) is 7.67. The average molecular weight is 210 g/mol. The van der Waals surface area contributed by atoms with E-state index in [4.69, 9.17) is 4.55 Å². The molecule has 0 aliphatic rings. The maximum Gasteiger partial charge on any atom is 0.158 e. The van der Waals surface area contributed by atoms with E-state index in [1.54, 1.807) is 6.20 Å². The number of fused-ring (bicyclic) bond motifs is 1. The third-order valence-electron chi connectivity index (χ3n) is 2.10.